The van der Waals surface area contributed by atoms with Gasteiger partial charge in [0.1, 0.15) is 0 Å². The Labute approximate surface area is 166 Å². The molecule has 0 saturated carbocycles. The van der Waals surface area contributed by atoms with Gasteiger partial charge in [-0.3, -0.25) is 9.59 Å². The van der Waals surface area contributed by atoms with Gasteiger partial charge in [-0.1, -0.05) is 25.1 Å². The summed E-state index contributed by atoms with van der Waals surface area (Å²) in [6.07, 6.45) is 0.466. The number of benzene rings is 2. The van der Waals surface area contributed by atoms with Crippen LogP contribution in [0.5, 0.6) is 0 Å². The normalized spacial score (nSPS) is 11.1. The quantitative estimate of drug-likeness (QED) is 0.731. The molecular weight excluding hydrogens is 376 g/mol. The number of nitrogens with zero attached hydrogens (tertiary/aromatic N) is 1. The van der Waals surface area contributed by atoms with Crippen LogP contribution in [0.2, 0.25) is 0 Å². The molecule has 0 heterocycles. The Hall–Kier alpha value is -2.67. The highest BCUT2D eigenvalue weighted by molar-refractivity contribution is 7.91. The first kappa shape index (κ1) is 21.6. The van der Waals surface area contributed by atoms with Gasteiger partial charge in [0.05, 0.1) is 16.2 Å². The third kappa shape index (κ3) is 4.98. The SMILES string of the molecule is CCCS(=O)(=O)c1ccccc1C(=O)Nc1cccc(C(=O)N(CC)CC)c1. The Morgan fingerprint density at radius 2 is 1.64 bits per heavy atom. The number of hydrogen-bond donors (Lipinski definition) is 1. The molecule has 2 rings (SSSR count). The largest absolute Gasteiger partial charge is 0.339 e. The van der Waals surface area contributed by atoms with Crippen molar-refractivity contribution in [3.63, 3.8) is 0 Å². The van der Waals surface area contributed by atoms with Gasteiger partial charge in [-0.15, -0.1) is 0 Å². The first-order chi connectivity index (χ1) is 13.3. The van der Waals surface area contributed by atoms with Gasteiger partial charge >= 0.3 is 0 Å². The predicted molar refractivity (Wildman–Crippen MR) is 110 cm³/mol. The van der Waals surface area contributed by atoms with E-state index in [-0.39, 0.29) is 22.1 Å². The molecule has 2 aromatic rings. The number of amides is 2. The van der Waals surface area contributed by atoms with Crippen molar-refractivity contribution in [3.8, 4) is 0 Å². The van der Waals surface area contributed by atoms with Gasteiger partial charge in [-0.2, -0.15) is 0 Å². The van der Waals surface area contributed by atoms with E-state index in [9.17, 15) is 18.0 Å². The van der Waals surface area contributed by atoms with E-state index in [0.717, 1.165) is 0 Å². The second-order valence-electron chi connectivity index (χ2n) is 6.33. The molecule has 0 bridgehead atoms. The second-order valence-corrected chi connectivity index (χ2v) is 8.40. The van der Waals surface area contributed by atoms with Crippen LogP contribution in [0.4, 0.5) is 5.69 Å². The molecule has 2 aromatic carbocycles. The van der Waals surface area contributed by atoms with Crippen molar-refractivity contribution in [1.29, 1.82) is 0 Å². The van der Waals surface area contributed by atoms with Gasteiger partial charge in [-0.05, 0) is 50.6 Å². The average molecular weight is 403 g/mol. The minimum absolute atomic E-state index is 0.0183. The number of sulfone groups is 1. The molecule has 0 atom stereocenters. The van der Waals surface area contributed by atoms with Crippen LogP contribution >= 0.6 is 0 Å². The zero-order valence-electron chi connectivity index (χ0n) is 16.4. The molecule has 0 aromatic heterocycles. The average Bonchev–Trinajstić information content (AvgIpc) is 2.69. The maximum Gasteiger partial charge on any atom is 0.256 e. The van der Waals surface area contributed by atoms with E-state index in [0.29, 0.717) is 30.8 Å². The molecule has 7 heteroatoms. The molecule has 0 spiro atoms. The number of carbonyl (C=O) groups is 2. The number of anilines is 1. The molecule has 6 nitrogen and oxygen atoms in total. The molecule has 2 amide bonds. The van der Waals surface area contributed by atoms with E-state index in [1.165, 1.54) is 12.1 Å². The van der Waals surface area contributed by atoms with Gasteiger partial charge in [0.25, 0.3) is 11.8 Å². The van der Waals surface area contributed by atoms with Gasteiger partial charge in [0.2, 0.25) is 0 Å². The van der Waals surface area contributed by atoms with E-state index < -0.39 is 15.7 Å². The summed E-state index contributed by atoms with van der Waals surface area (Å²) in [6.45, 7) is 6.77. The molecule has 0 saturated heterocycles. The molecule has 0 aliphatic carbocycles. The summed E-state index contributed by atoms with van der Waals surface area (Å²) in [4.78, 5) is 27.0. The highest BCUT2D eigenvalue weighted by Crippen LogP contribution is 2.20. The van der Waals surface area contributed by atoms with E-state index in [1.807, 2.05) is 13.8 Å². The summed E-state index contributed by atoms with van der Waals surface area (Å²) >= 11 is 0. The standard InChI is InChI=1S/C21H26N2O4S/c1-4-14-28(26,27)19-13-8-7-12-18(19)20(24)22-17-11-9-10-16(15-17)21(25)23(5-2)6-3/h7-13,15H,4-6,14H2,1-3H3,(H,22,24). The summed E-state index contributed by atoms with van der Waals surface area (Å²) in [5.41, 5.74) is 0.996. The van der Waals surface area contributed by atoms with Crippen LogP contribution in [-0.2, 0) is 9.84 Å². The van der Waals surface area contributed by atoms with Gasteiger partial charge in [-0.25, -0.2) is 8.42 Å². The van der Waals surface area contributed by atoms with E-state index in [4.69, 9.17) is 0 Å². The maximum atomic E-state index is 12.7. The van der Waals surface area contributed by atoms with Crippen molar-refractivity contribution in [2.24, 2.45) is 0 Å². The third-order valence-corrected chi connectivity index (χ3v) is 6.33. The summed E-state index contributed by atoms with van der Waals surface area (Å²) in [6, 6.07) is 12.8. The molecule has 0 aliphatic rings. The van der Waals surface area contributed by atoms with Crippen molar-refractivity contribution in [3.05, 3.63) is 59.7 Å². The fraction of sp³-hybridized carbons (Fsp3) is 0.333. The Morgan fingerprint density at radius 1 is 0.964 bits per heavy atom. The van der Waals surface area contributed by atoms with Crippen LogP contribution in [0.1, 0.15) is 47.9 Å². The minimum Gasteiger partial charge on any atom is -0.339 e. The Bertz CT molecular complexity index is 950. The van der Waals surface area contributed by atoms with Crippen LogP contribution in [-0.4, -0.2) is 44.0 Å². The lowest BCUT2D eigenvalue weighted by atomic mass is 10.1. The van der Waals surface area contributed by atoms with Crippen LogP contribution in [0.15, 0.2) is 53.4 Å². The first-order valence-corrected chi connectivity index (χ1v) is 11.0. The van der Waals surface area contributed by atoms with Crippen LogP contribution < -0.4 is 5.32 Å². The fourth-order valence-corrected chi connectivity index (χ4v) is 4.46. The zero-order valence-corrected chi connectivity index (χ0v) is 17.3. The van der Waals surface area contributed by atoms with E-state index in [1.54, 1.807) is 48.2 Å². The monoisotopic (exact) mass is 402 g/mol. The zero-order chi connectivity index (χ0) is 20.7. The van der Waals surface area contributed by atoms with Crippen molar-refractivity contribution in [1.82, 2.24) is 4.90 Å². The summed E-state index contributed by atoms with van der Waals surface area (Å²) < 4.78 is 24.9. The van der Waals surface area contributed by atoms with Crippen molar-refractivity contribution in [2.45, 2.75) is 32.1 Å². The lowest BCUT2D eigenvalue weighted by Crippen LogP contribution is -2.30. The molecule has 0 aliphatic heterocycles. The number of hydrogen-bond acceptors (Lipinski definition) is 4. The Balaban J connectivity index is 2.30. The van der Waals surface area contributed by atoms with Gasteiger partial charge in [0.15, 0.2) is 9.84 Å². The predicted octanol–water partition coefficient (Wildman–Crippen LogP) is 3.60. The highest BCUT2D eigenvalue weighted by atomic mass is 32.2. The lowest BCUT2D eigenvalue weighted by Gasteiger charge is -2.19. The molecule has 28 heavy (non-hydrogen) atoms. The lowest BCUT2D eigenvalue weighted by molar-refractivity contribution is 0.0772. The first-order valence-electron chi connectivity index (χ1n) is 9.36. The molecular formula is C21H26N2O4S. The second kappa shape index (κ2) is 9.50. The van der Waals surface area contributed by atoms with Crippen molar-refractivity contribution >= 4 is 27.3 Å². The summed E-state index contributed by atoms with van der Waals surface area (Å²) in [7, 11) is -3.54. The van der Waals surface area contributed by atoms with Gasteiger partial charge in [0, 0.05) is 24.3 Å². The fourth-order valence-electron chi connectivity index (χ4n) is 2.93. The van der Waals surface area contributed by atoms with Gasteiger partial charge < -0.3 is 10.2 Å². The third-order valence-electron chi connectivity index (χ3n) is 4.36. The van der Waals surface area contributed by atoms with Crippen LogP contribution in [0.3, 0.4) is 0 Å². The van der Waals surface area contributed by atoms with Crippen LogP contribution in [0.25, 0.3) is 0 Å². The topological polar surface area (TPSA) is 83.5 Å². The molecule has 0 unspecified atom stereocenters. The maximum absolute atomic E-state index is 12.7. The molecule has 150 valence electrons. The summed E-state index contributed by atoms with van der Waals surface area (Å²) in [5, 5.41) is 2.71. The van der Waals surface area contributed by atoms with E-state index in [2.05, 4.69) is 5.32 Å². The highest BCUT2D eigenvalue weighted by Gasteiger charge is 2.22. The van der Waals surface area contributed by atoms with E-state index >= 15 is 0 Å². The summed E-state index contributed by atoms with van der Waals surface area (Å²) in [5.74, 6) is -0.666. The molecule has 0 radical (unpaired) electrons. The number of rotatable bonds is 8. The van der Waals surface area contributed by atoms with Crippen molar-refractivity contribution in [2.75, 3.05) is 24.2 Å². The Kier molecular flexibility index (Phi) is 7.34. The van der Waals surface area contributed by atoms with Crippen LogP contribution in [0, 0.1) is 0 Å². The van der Waals surface area contributed by atoms with Crippen molar-refractivity contribution < 1.29 is 18.0 Å². The molecule has 1 N–H and O–H groups in total. The number of carbonyl (C=O) groups excluding carboxylic acids is 2. The number of nitrogens with one attached hydrogen (secondary N) is 1. The Morgan fingerprint density at radius 3 is 2.29 bits per heavy atom. The molecule has 0 fully saturated rings. The smallest absolute Gasteiger partial charge is 0.256 e. The minimum atomic E-state index is -3.54.